The largest absolute Gasteiger partial charge is 0.448 e. The molecule has 1 saturated heterocycles. The molecule has 1 rings (SSSR count). The zero-order valence-electron chi connectivity index (χ0n) is 8.68. The Balaban J connectivity index is 2.70. The summed E-state index contributed by atoms with van der Waals surface area (Å²) < 4.78 is 8.39. The van der Waals surface area contributed by atoms with E-state index in [4.69, 9.17) is 55.2 Å². The van der Waals surface area contributed by atoms with E-state index in [2.05, 4.69) is 10.0 Å². The van der Waals surface area contributed by atoms with Crippen LogP contribution in [0.4, 0.5) is 0 Å². The lowest BCUT2D eigenvalue weighted by atomic mass is 10.1. The van der Waals surface area contributed by atoms with E-state index in [1.807, 2.05) is 0 Å². The summed E-state index contributed by atoms with van der Waals surface area (Å²) in [5.41, 5.74) is 8.38. The van der Waals surface area contributed by atoms with Crippen molar-refractivity contribution in [2.75, 3.05) is 0 Å². The number of alkyl halides is 3. The van der Waals surface area contributed by atoms with E-state index in [1.54, 1.807) is 19.8 Å². The predicted octanol–water partition coefficient (Wildman–Crippen LogP) is 3.18. The average molecular weight is 300 g/mol. The zero-order valence-corrected chi connectivity index (χ0v) is 10.9. The van der Waals surface area contributed by atoms with Gasteiger partial charge in [0.05, 0.1) is 6.10 Å². The molecule has 0 aromatic rings. The van der Waals surface area contributed by atoms with Crippen molar-refractivity contribution >= 4 is 40.7 Å². The lowest BCUT2D eigenvalue weighted by molar-refractivity contribution is -0.131. The summed E-state index contributed by atoms with van der Waals surface area (Å²) in [5.74, 6) is -0.590. The maximum atomic E-state index is 8.38. The molecule has 0 aliphatic carbocycles. The van der Waals surface area contributed by atoms with Gasteiger partial charge in [0.15, 0.2) is 0 Å². The first-order valence-electron chi connectivity index (χ1n) is 4.55. The fourth-order valence-electron chi connectivity index (χ4n) is 1.13. The minimum absolute atomic E-state index is 0.242. The minimum Gasteiger partial charge on any atom is -0.448 e. The van der Waals surface area contributed by atoms with Crippen molar-refractivity contribution in [3.8, 4) is 0 Å². The average Bonchev–Trinajstić information content (AvgIpc) is 2.21. The minimum atomic E-state index is -1.98. The van der Waals surface area contributed by atoms with Crippen LogP contribution in [0.1, 0.15) is 6.92 Å². The highest BCUT2D eigenvalue weighted by molar-refractivity contribution is 6.76. The van der Waals surface area contributed by atoms with Crippen LogP contribution in [-0.4, -0.2) is 28.1 Å². The smallest absolute Gasteiger partial charge is 0.265 e. The number of rotatable bonds is 2. The fourth-order valence-corrected chi connectivity index (χ4v) is 1.27. The number of hydrogen-bond acceptors (Lipinski definition) is 4. The van der Waals surface area contributed by atoms with Gasteiger partial charge >= 0.3 is 0 Å². The maximum Gasteiger partial charge on any atom is 0.265 e. The van der Waals surface area contributed by atoms with Gasteiger partial charge in [-0.3, -0.25) is 5.41 Å². The molecule has 0 spiro atoms. The molecule has 0 aromatic heterocycles. The number of hydrogen-bond donors (Lipinski definition) is 1. The number of nitrogens with one attached hydrogen (secondary N) is 1. The van der Waals surface area contributed by atoms with Crippen molar-refractivity contribution in [2.24, 2.45) is 5.11 Å². The molecule has 0 bridgehead atoms. The van der Waals surface area contributed by atoms with Crippen molar-refractivity contribution in [1.82, 2.24) is 0 Å². The van der Waals surface area contributed by atoms with Gasteiger partial charge < -0.3 is 9.47 Å². The molecule has 94 valence electrons. The quantitative estimate of drug-likeness (QED) is 0.212. The summed E-state index contributed by atoms with van der Waals surface area (Å²) in [7, 11) is 0. The molecule has 0 amide bonds. The number of azide groups is 1. The third-order valence-corrected chi connectivity index (χ3v) is 2.40. The second-order valence-corrected chi connectivity index (χ2v) is 5.52. The fraction of sp³-hybridized carbons (Fsp3) is 0.625. The maximum absolute atomic E-state index is 8.38. The Labute approximate surface area is 113 Å². The van der Waals surface area contributed by atoms with Crippen molar-refractivity contribution < 1.29 is 9.47 Å². The van der Waals surface area contributed by atoms with Gasteiger partial charge in [-0.25, -0.2) is 0 Å². The summed E-state index contributed by atoms with van der Waals surface area (Å²) >= 11 is 16.4. The predicted molar refractivity (Wildman–Crippen MR) is 65.0 cm³/mol. The van der Waals surface area contributed by atoms with Crippen LogP contribution in [0.15, 0.2) is 5.11 Å². The molecule has 1 aliphatic heterocycles. The van der Waals surface area contributed by atoms with Crippen LogP contribution in [0, 0.1) is 18.3 Å². The van der Waals surface area contributed by atoms with Crippen LogP contribution in [-0.2, 0) is 9.47 Å². The van der Waals surface area contributed by atoms with E-state index in [-0.39, 0.29) is 6.10 Å². The van der Waals surface area contributed by atoms with Gasteiger partial charge in [0.1, 0.15) is 6.04 Å². The Morgan fingerprint density at radius 2 is 2.18 bits per heavy atom. The van der Waals surface area contributed by atoms with Crippen molar-refractivity contribution in [1.29, 1.82) is 5.41 Å². The molecule has 0 aromatic carbocycles. The van der Waals surface area contributed by atoms with Crippen LogP contribution in [0.5, 0.6) is 0 Å². The van der Waals surface area contributed by atoms with Gasteiger partial charge in [-0.1, -0.05) is 39.9 Å². The van der Waals surface area contributed by atoms with Crippen LogP contribution < -0.4 is 0 Å². The molecule has 1 unspecified atom stereocenters. The van der Waals surface area contributed by atoms with Crippen molar-refractivity contribution in [3.63, 3.8) is 0 Å². The monoisotopic (exact) mass is 298 g/mol. The van der Waals surface area contributed by atoms with Crippen LogP contribution in [0.3, 0.4) is 0 Å². The highest BCUT2D eigenvalue weighted by Gasteiger charge is 2.36. The normalized spacial score (nSPS) is 29.3. The first kappa shape index (κ1) is 14.7. The SMILES string of the molecule is C[C@H]1[CH][CH][C@H](N=[N+]=[N-])C(OC(=N)C(Cl)(Cl)Cl)O1. The molecule has 0 saturated carbocycles. The van der Waals surface area contributed by atoms with Crippen molar-refractivity contribution in [2.45, 2.75) is 29.2 Å². The van der Waals surface area contributed by atoms with Gasteiger partial charge in [0, 0.05) is 4.91 Å². The van der Waals surface area contributed by atoms with Gasteiger partial charge in [0.2, 0.25) is 12.2 Å². The topological polar surface area (TPSA) is 91.1 Å². The highest BCUT2D eigenvalue weighted by Crippen LogP contribution is 2.30. The van der Waals surface area contributed by atoms with E-state index >= 15 is 0 Å². The molecular formula is C8H9Cl3N4O2. The molecule has 1 heterocycles. The lowest BCUT2D eigenvalue weighted by Gasteiger charge is -2.33. The summed E-state index contributed by atoms with van der Waals surface area (Å²) in [6, 6.07) is -0.705. The first-order valence-corrected chi connectivity index (χ1v) is 5.68. The van der Waals surface area contributed by atoms with Gasteiger partial charge in [0.25, 0.3) is 3.79 Å². The molecule has 1 fully saturated rings. The van der Waals surface area contributed by atoms with E-state index in [9.17, 15) is 0 Å². The number of halogens is 3. The van der Waals surface area contributed by atoms with E-state index < -0.39 is 22.0 Å². The van der Waals surface area contributed by atoms with Crippen molar-refractivity contribution in [3.05, 3.63) is 23.3 Å². The summed E-state index contributed by atoms with van der Waals surface area (Å²) in [6.45, 7) is 1.76. The highest BCUT2D eigenvalue weighted by atomic mass is 35.6. The molecule has 3 atom stereocenters. The molecule has 1 N–H and O–H groups in total. The molecule has 6 nitrogen and oxygen atoms in total. The van der Waals surface area contributed by atoms with Gasteiger partial charge in [-0.05, 0) is 25.3 Å². The molecular weight excluding hydrogens is 290 g/mol. The van der Waals surface area contributed by atoms with E-state index in [0.717, 1.165) is 0 Å². The summed E-state index contributed by atoms with van der Waals surface area (Å²) in [6.07, 6.45) is 2.10. The van der Waals surface area contributed by atoms with E-state index in [1.165, 1.54) is 0 Å². The standard InChI is InChI=1S/C8H9Cl3N4O2/c1-4-2-3-5(14-15-13)6(16-4)17-7(12)8(9,10)11/h2-6,12H,1H3/t4-,5-,6?/m0/s1. The number of nitrogens with zero attached hydrogens (tertiary/aromatic N) is 3. The van der Waals surface area contributed by atoms with Crippen LogP contribution in [0.2, 0.25) is 0 Å². The lowest BCUT2D eigenvalue weighted by Crippen LogP contribution is -2.42. The molecule has 17 heavy (non-hydrogen) atoms. The second kappa shape index (κ2) is 5.98. The molecule has 1 aliphatic rings. The van der Waals surface area contributed by atoms with E-state index in [0.29, 0.717) is 0 Å². The Morgan fingerprint density at radius 3 is 2.71 bits per heavy atom. The Kier molecular flexibility index (Phi) is 5.16. The summed E-state index contributed by atoms with van der Waals surface area (Å²) in [5, 5.41) is 10.9. The Hall–Kier alpha value is -0.390. The Morgan fingerprint density at radius 1 is 1.53 bits per heavy atom. The zero-order chi connectivity index (χ0) is 13.1. The van der Waals surface area contributed by atoms with Gasteiger partial charge in [-0.2, -0.15) is 0 Å². The molecule has 9 heteroatoms. The summed E-state index contributed by atoms with van der Waals surface area (Å²) in [4.78, 5) is 2.65. The van der Waals surface area contributed by atoms with Crippen LogP contribution in [0.25, 0.3) is 10.4 Å². The third kappa shape index (κ3) is 4.41. The first-order chi connectivity index (χ1) is 7.84. The number of ether oxygens (including phenoxy) is 2. The second-order valence-electron chi connectivity index (χ2n) is 3.23. The Bertz CT molecular complexity index is 340. The van der Waals surface area contributed by atoms with Gasteiger partial charge in [-0.15, -0.1) is 0 Å². The van der Waals surface area contributed by atoms with Crippen LogP contribution >= 0.6 is 34.8 Å². The third-order valence-electron chi connectivity index (χ3n) is 1.88. The molecule has 2 radical (unpaired) electrons.